The number of nitrogens with zero attached hydrogens (tertiary/aromatic N) is 3. The first kappa shape index (κ1) is 16.2. The van der Waals surface area contributed by atoms with Crippen LogP contribution in [0.5, 0.6) is 0 Å². The lowest BCUT2D eigenvalue weighted by Crippen LogP contribution is -2.48. The molecule has 1 unspecified atom stereocenters. The average Bonchev–Trinajstić information content (AvgIpc) is 2.48. The molecule has 2 aliphatic rings. The van der Waals surface area contributed by atoms with Gasteiger partial charge in [0.15, 0.2) is 0 Å². The second kappa shape index (κ2) is 7.75. The largest absolute Gasteiger partial charge is 0.378 e. The molecule has 6 heteroatoms. The summed E-state index contributed by atoms with van der Waals surface area (Å²) in [7, 11) is 1.84. The zero-order valence-corrected chi connectivity index (χ0v) is 13.2. The highest BCUT2D eigenvalue weighted by atomic mass is 16.5. The molecule has 0 aromatic carbocycles. The smallest absolute Gasteiger partial charge is 0.236 e. The van der Waals surface area contributed by atoms with Crippen LogP contribution in [0.3, 0.4) is 0 Å². The number of rotatable bonds is 4. The first-order chi connectivity index (χ1) is 10.1. The van der Waals surface area contributed by atoms with Gasteiger partial charge in [-0.3, -0.25) is 14.5 Å². The molecule has 0 aromatic rings. The minimum absolute atomic E-state index is 0.0839. The number of carbonyl (C=O) groups is 2. The van der Waals surface area contributed by atoms with Crippen molar-refractivity contribution in [3.63, 3.8) is 0 Å². The predicted octanol–water partition coefficient (Wildman–Crippen LogP) is 0.0355. The predicted molar refractivity (Wildman–Crippen MR) is 79.9 cm³/mol. The van der Waals surface area contributed by atoms with Crippen LogP contribution < -0.4 is 0 Å². The first-order valence-corrected chi connectivity index (χ1v) is 7.88. The number of carbonyl (C=O) groups excluding carboxylic acids is 2. The Balaban J connectivity index is 1.74. The maximum atomic E-state index is 12.3. The number of hydrogen-bond donors (Lipinski definition) is 0. The molecule has 2 rings (SSSR count). The van der Waals surface area contributed by atoms with Crippen molar-refractivity contribution in [2.24, 2.45) is 5.92 Å². The van der Waals surface area contributed by atoms with E-state index in [-0.39, 0.29) is 11.8 Å². The minimum atomic E-state index is 0.0839. The van der Waals surface area contributed by atoms with Crippen LogP contribution in [-0.4, -0.2) is 86.0 Å². The normalized spacial score (nSPS) is 23.5. The molecule has 0 saturated carbocycles. The number of amides is 2. The molecule has 0 radical (unpaired) electrons. The lowest BCUT2D eigenvalue weighted by atomic mass is 10.0. The molecule has 0 N–H and O–H groups in total. The molecule has 120 valence electrons. The van der Waals surface area contributed by atoms with E-state index in [0.29, 0.717) is 45.3 Å². The van der Waals surface area contributed by atoms with E-state index in [4.69, 9.17) is 4.74 Å². The van der Waals surface area contributed by atoms with E-state index in [1.54, 1.807) is 0 Å². The highest BCUT2D eigenvalue weighted by molar-refractivity contribution is 5.81. The topological polar surface area (TPSA) is 53.1 Å². The van der Waals surface area contributed by atoms with Gasteiger partial charge in [0.05, 0.1) is 26.3 Å². The summed E-state index contributed by atoms with van der Waals surface area (Å²) in [6, 6.07) is 0. The van der Waals surface area contributed by atoms with Crippen molar-refractivity contribution >= 4 is 11.8 Å². The van der Waals surface area contributed by atoms with Crippen molar-refractivity contribution in [1.29, 1.82) is 0 Å². The monoisotopic (exact) mass is 297 g/mol. The number of ether oxygens (including phenoxy) is 1. The van der Waals surface area contributed by atoms with Crippen LogP contribution >= 0.6 is 0 Å². The molecular formula is C15H27N3O3. The van der Waals surface area contributed by atoms with Crippen LogP contribution in [0.1, 0.15) is 19.8 Å². The maximum Gasteiger partial charge on any atom is 0.236 e. The fourth-order valence-electron chi connectivity index (χ4n) is 2.95. The number of piperidine rings is 1. The second-order valence-corrected chi connectivity index (χ2v) is 6.25. The zero-order valence-electron chi connectivity index (χ0n) is 13.2. The zero-order chi connectivity index (χ0) is 15.2. The van der Waals surface area contributed by atoms with Crippen molar-refractivity contribution in [1.82, 2.24) is 14.7 Å². The highest BCUT2D eigenvalue weighted by Crippen LogP contribution is 2.15. The Labute approximate surface area is 127 Å². The maximum absolute atomic E-state index is 12.3. The van der Waals surface area contributed by atoms with Gasteiger partial charge >= 0.3 is 0 Å². The van der Waals surface area contributed by atoms with Crippen LogP contribution in [0.2, 0.25) is 0 Å². The highest BCUT2D eigenvalue weighted by Gasteiger charge is 2.23. The molecule has 0 spiro atoms. The summed E-state index contributed by atoms with van der Waals surface area (Å²) in [5, 5.41) is 0. The Morgan fingerprint density at radius 3 is 2.33 bits per heavy atom. The summed E-state index contributed by atoms with van der Waals surface area (Å²) in [5.41, 5.74) is 0. The lowest BCUT2D eigenvalue weighted by Gasteiger charge is -2.33. The van der Waals surface area contributed by atoms with Crippen molar-refractivity contribution in [3.05, 3.63) is 0 Å². The summed E-state index contributed by atoms with van der Waals surface area (Å²) in [6.45, 7) is 7.05. The molecule has 6 nitrogen and oxygen atoms in total. The van der Waals surface area contributed by atoms with Gasteiger partial charge in [-0.15, -0.1) is 0 Å². The number of hydrogen-bond acceptors (Lipinski definition) is 4. The van der Waals surface area contributed by atoms with E-state index < -0.39 is 0 Å². The van der Waals surface area contributed by atoms with Crippen LogP contribution in [-0.2, 0) is 14.3 Å². The van der Waals surface area contributed by atoms with Crippen LogP contribution in [0.15, 0.2) is 0 Å². The van der Waals surface area contributed by atoms with Crippen molar-refractivity contribution in [2.75, 3.05) is 59.5 Å². The molecule has 2 amide bonds. The Morgan fingerprint density at radius 1 is 1.10 bits per heavy atom. The summed E-state index contributed by atoms with van der Waals surface area (Å²) in [4.78, 5) is 29.9. The van der Waals surface area contributed by atoms with Gasteiger partial charge in [-0.25, -0.2) is 0 Å². The van der Waals surface area contributed by atoms with E-state index >= 15 is 0 Å². The number of likely N-dealkylation sites (tertiary alicyclic amines) is 1. The standard InChI is InChI=1S/C15H27N3O3/c1-13-4-3-5-18(10-13)15(20)12-16(2)11-14(19)17-6-8-21-9-7-17/h13H,3-12H2,1-2H3. The summed E-state index contributed by atoms with van der Waals surface area (Å²) in [5.74, 6) is 0.808. The van der Waals surface area contributed by atoms with Gasteiger partial charge in [-0.1, -0.05) is 6.92 Å². The molecule has 0 aromatic heterocycles. The second-order valence-electron chi connectivity index (χ2n) is 6.25. The average molecular weight is 297 g/mol. The van der Waals surface area contributed by atoms with Gasteiger partial charge in [0.2, 0.25) is 11.8 Å². The van der Waals surface area contributed by atoms with Gasteiger partial charge < -0.3 is 14.5 Å². The Bertz CT molecular complexity index is 369. The quantitative estimate of drug-likeness (QED) is 0.735. The molecule has 0 aliphatic carbocycles. The molecule has 1 atom stereocenters. The summed E-state index contributed by atoms with van der Waals surface area (Å²) in [6.07, 6.45) is 2.29. The molecule has 0 bridgehead atoms. The summed E-state index contributed by atoms with van der Waals surface area (Å²) < 4.78 is 5.24. The molecule has 2 aliphatic heterocycles. The third-order valence-electron chi connectivity index (χ3n) is 4.18. The molecule has 2 saturated heterocycles. The minimum Gasteiger partial charge on any atom is -0.378 e. The van der Waals surface area contributed by atoms with E-state index in [9.17, 15) is 9.59 Å². The third-order valence-corrected chi connectivity index (χ3v) is 4.18. The van der Waals surface area contributed by atoms with Gasteiger partial charge in [-0.2, -0.15) is 0 Å². The van der Waals surface area contributed by atoms with Crippen molar-refractivity contribution in [2.45, 2.75) is 19.8 Å². The Hall–Kier alpha value is -1.14. The SMILES string of the molecule is CC1CCCN(C(=O)CN(C)CC(=O)N2CCOCC2)C1. The van der Waals surface area contributed by atoms with Gasteiger partial charge in [0.1, 0.15) is 0 Å². The van der Waals surface area contributed by atoms with Gasteiger partial charge in [0.25, 0.3) is 0 Å². The molecule has 21 heavy (non-hydrogen) atoms. The Kier molecular flexibility index (Phi) is 5.99. The van der Waals surface area contributed by atoms with Crippen LogP contribution in [0.4, 0.5) is 0 Å². The van der Waals surface area contributed by atoms with Gasteiger partial charge in [-0.05, 0) is 25.8 Å². The number of morpholine rings is 1. The summed E-state index contributed by atoms with van der Waals surface area (Å²) >= 11 is 0. The van der Waals surface area contributed by atoms with E-state index in [0.717, 1.165) is 19.5 Å². The Morgan fingerprint density at radius 2 is 1.71 bits per heavy atom. The fraction of sp³-hybridized carbons (Fsp3) is 0.867. The van der Waals surface area contributed by atoms with Gasteiger partial charge in [0, 0.05) is 26.2 Å². The van der Waals surface area contributed by atoms with E-state index in [2.05, 4.69) is 6.92 Å². The molecule has 2 fully saturated rings. The van der Waals surface area contributed by atoms with E-state index in [1.807, 2.05) is 21.7 Å². The first-order valence-electron chi connectivity index (χ1n) is 7.88. The van der Waals surface area contributed by atoms with Crippen LogP contribution in [0, 0.1) is 5.92 Å². The molecule has 2 heterocycles. The van der Waals surface area contributed by atoms with Crippen molar-refractivity contribution in [3.8, 4) is 0 Å². The van der Waals surface area contributed by atoms with Crippen molar-refractivity contribution < 1.29 is 14.3 Å². The lowest BCUT2D eigenvalue weighted by molar-refractivity contribution is -0.138. The molecular weight excluding hydrogens is 270 g/mol. The number of likely N-dealkylation sites (N-methyl/N-ethyl adjacent to an activating group) is 1. The fourth-order valence-corrected chi connectivity index (χ4v) is 2.95. The van der Waals surface area contributed by atoms with Crippen LogP contribution in [0.25, 0.3) is 0 Å². The third kappa shape index (κ3) is 4.97. The van der Waals surface area contributed by atoms with E-state index in [1.165, 1.54) is 6.42 Å².